The quantitative estimate of drug-likeness (QED) is 0.530. The molecule has 2 rings (SSSR count). The SMILES string of the molecule is CN(C1CCOCC1)[N+](C)CC1CCCO1. The molecule has 0 bridgehead atoms. The van der Waals surface area contributed by atoms with E-state index in [1.165, 1.54) is 12.8 Å². The summed E-state index contributed by atoms with van der Waals surface area (Å²) in [6, 6.07) is 0.639. The average Bonchev–Trinajstić information content (AvgIpc) is 2.82. The Bertz CT molecular complexity index is 201. The molecule has 0 saturated carbocycles. The molecule has 0 amide bonds. The topological polar surface area (TPSA) is 27.6 Å². The predicted molar refractivity (Wildman–Crippen MR) is 63.5 cm³/mol. The van der Waals surface area contributed by atoms with Crippen LogP contribution in [0.4, 0.5) is 0 Å². The first-order chi connectivity index (χ1) is 7.77. The molecule has 2 fully saturated rings. The Balaban J connectivity index is 1.75. The second-order valence-electron chi connectivity index (χ2n) is 4.89. The van der Waals surface area contributed by atoms with E-state index in [0.717, 1.165) is 39.2 Å². The molecule has 93 valence electrons. The average molecular weight is 228 g/mol. The lowest BCUT2D eigenvalue weighted by Crippen LogP contribution is -2.52. The summed E-state index contributed by atoms with van der Waals surface area (Å²) < 4.78 is 11.1. The highest BCUT2D eigenvalue weighted by molar-refractivity contribution is 4.75. The van der Waals surface area contributed by atoms with Gasteiger partial charge in [0.15, 0.2) is 6.54 Å². The van der Waals surface area contributed by atoms with Crippen molar-refractivity contribution in [2.24, 2.45) is 0 Å². The van der Waals surface area contributed by atoms with Crippen LogP contribution >= 0.6 is 0 Å². The van der Waals surface area contributed by atoms with Crippen molar-refractivity contribution in [1.29, 1.82) is 0 Å². The molecule has 2 aliphatic heterocycles. The zero-order valence-corrected chi connectivity index (χ0v) is 10.5. The van der Waals surface area contributed by atoms with Gasteiger partial charge in [-0.05, 0) is 25.7 Å². The standard InChI is InChI=1S/C12H24N2O2/c1-13(10-12-4-3-7-16-12)14(2)11-5-8-15-9-6-11/h11-12H,3-10H2,1-2H3/q+1. The summed E-state index contributed by atoms with van der Waals surface area (Å²) in [5, 5.41) is 4.68. The Kier molecular flexibility index (Phi) is 4.58. The zero-order chi connectivity index (χ0) is 11.4. The van der Waals surface area contributed by atoms with Gasteiger partial charge in [-0.1, -0.05) is 5.01 Å². The lowest BCUT2D eigenvalue weighted by molar-refractivity contribution is -0.0241. The molecule has 0 spiro atoms. The Morgan fingerprint density at radius 3 is 2.56 bits per heavy atom. The maximum atomic E-state index is 5.67. The summed E-state index contributed by atoms with van der Waals surface area (Å²) >= 11 is 0. The Labute approximate surface area is 98.5 Å². The van der Waals surface area contributed by atoms with Crippen molar-refractivity contribution in [3.63, 3.8) is 0 Å². The number of ether oxygens (including phenoxy) is 2. The summed E-state index contributed by atoms with van der Waals surface area (Å²) in [4.78, 5) is 0. The lowest BCUT2D eigenvalue weighted by atomic mass is 10.1. The summed E-state index contributed by atoms with van der Waals surface area (Å²) in [5.74, 6) is 0. The molecule has 1 atom stereocenters. The first-order valence-electron chi connectivity index (χ1n) is 6.40. The first-order valence-corrected chi connectivity index (χ1v) is 6.40. The minimum Gasteiger partial charge on any atom is -0.381 e. The number of hydrazine groups is 1. The molecule has 2 saturated heterocycles. The van der Waals surface area contributed by atoms with E-state index >= 15 is 0 Å². The molecule has 1 radical (unpaired) electrons. The minimum absolute atomic E-state index is 0.437. The number of hydrogen-bond acceptors (Lipinski definition) is 4. The molecule has 0 aromatic heterocycles. The summed E-state index contributed by atoms with van der Waals surface area (Å²) in [6.45, 7) is 3.78. The van der Waals surface area contributed by atoms with Crippen LogP contribution in [0.3, 0.4) is 0 Å². The molecular weight excluding hydrogens is 204 g/mol. The van der Waals surface area contributed by atoms with E-state index in [4.69, 9.17) is 9.47 Å². The van der Waals surface area contributed by atoms with Gasteiger partial charge in [-0.2, -0.15) is 0 Å². The van der Waals surface area contributed by atoms with Crippen LogP contribution in [0.5, 0.6) is 0 Å². The number of likely N-dealkylation sites (N-methyl/N-ethyl adjacent to an activating group) is 1. The molecular formula is C12H24N2O2+. The van der Waals surface area contributed by atoms with E-state index < -0.39 is 0 Å². The molecule has 16 heavy (non-hydrogen) atoms. The van der Waals surface area contributed by atoms with Gasteiger partial charge >= 0.3 is 0 Å². The Morgan fingerprint density at radius 2 is 1.94 bits per heavy atom. The van der Waals surface area contributed by atoms with Gasteiger partial charge in [0, 0.05) is 26.9 Å². The Hall–Kier alpha value is -0.160. The van der Waals surface area contributed by atoms with Gasteiger partial charge in [-0.3, -0.25) is 0 Å². The van der Waals surface area contributed by atoms with Gasteiger partial charge in [0.05, 0.1) is 6.04 Å². The minimum atomic E-state index is 0.437. The van der Waals surface area contributed by atoms with Crippen molar-refractivity contribution in [2.45, 2.75) is 37.8 Å². The fraction of sp³-hybridized carbons (Fsp3) is 1.00. The van der Waals surface area contributed by atoms with Crippen LogP contribution < -0.4 is 5.01 Å². The maximum absolute atomic E-state index is 5.67. The van der Waals surface area contributed by atoms with Gasteiger partial charge in [-0.15, -0.1) is 5.01 Å². The highest BCUT2D eigenvalue weighted by Crippen LogP contribution is 2.16. The molecule has 4 heteroatoms. The largest absolute Gasteiger partial charge is 0.381 e. The number of hydrogen-bond donors (Lipinski definition) is 0. The second kappa shape index (κ2) is 5.96. The molecule has 0 N–H and O–H groups in total. The molecule has 2 heterocycles. The van der Waals surface area contributed by atoms with Gasteiger partial charge in [0.25, 0.3) is 0 Å². The van der Waals surface area contributed by atoms with Crippen molar-refractivity contribution in [3.8, 4) is 0 Å². The van der Waals surface area contributed by atoms with Crippen LogP contribution in [0.25, 0.3) is 0 Å². The molecule has 4 nitrogen and oxygen atoms in total. The van der Waals surface area contributed by atoms with Crippen molar-refractivity contribution in [1.82, 2.24) is 10.0 Å². The third-order valence-electron chi connectivity index (χ3n) is 3.75. The van der Waals surface area contributed by atoms with Crippen LogP contribution in [0.15, 0.2) is 0 Å². The number of nitrogens with zero attached hydrogens (tertiary/aromatic N) is 2. The summed E-state index contributed by atoms with van der Waals surface area (Å²) in [5.41, 5.74) is 0. The van der Waals surface area contributed by atoms with Crippen molar-refractivity contribution in [3.05, 3.63) is 0 Å². The molecule has 0 aromatic rings. The zero-order valence-electron chi connectivity index (χ0n) is 10.5. The van der Waals surface area contributed by atoms with E-state index in [1.54, 1.807) is 0 Å². The maximum Gasteiger partial charge on any atom is 0.170 e. The van der Waals surface area contributed by atoms with Crippen LogP contribution in [0.2, 0.25) is 0 Å². The normalized spacial score (nSPS) is 28.1. The molecule has 2 aliphatic rings. The van der Waals surface area contributed by atoms with Crippen molar-refractivity contribution >= 4 is 0 Å². The smallest absolute Gasteiger partial charge is 0.170 e. The van der Waals surface area contributed by atoms with E-state index in [-0.39, 0.29) is 0 Å². The van der Waals surface area contributed by atoms with Gasteiger partial charge < -0.3 is 9.47 Å². The summed E-state index contributed by atoms with van der Waals surface area (Å²) in [6.07, 6.45) is 5.16. The molecule has 0 aromatic carbocycles. The lowest BCUT2D eigenvalue weighted by Gasteiger charge is -2.30. The molecule has 1 unspecified atom stereocenters. The number of rotatable bonds is 4. The van der Waals surface area contributed by atoms with Gasteiger partial charge in [0.1, 0.15) is 13.2 Å². The van der Waals surface area contributed by atoms with Crippen LogP contribution in [0.1, 0.15) is 25.7 Å². The van der Waals surface area contributed by atoms with Crippen molar-refractivity contribution < 1.29 is 9.47 Å². The fourth-order valence-electron chi connectivity index (χ4n) is 2.55. The van der Waals surface area contributed by atoms with E-state index in [0.29, 0.717) is 12.1 Å². The second-order valence-corrected chi connectivity index (χ2v) is 4.89. The van der Waals surface area contributed by atoms with E-state index in [9.17, 15) is 0 Å². The monoisotopic (exact) mass is 228 g/mol. The summed E-state index contributed by atoms with van der Waals surface area (Å²) in [7, 11) is 4.35. The van der Waals surface area contributed by atoms with E-state index in [2.05, 4.69) is 24.1 Å². The predicted octanol–water partition coefficient (Wildman–Crippen LogP) is 0.961. The fourth-order valence-corrected chi connectivity index (χ4v) is 2.55. The highest BCUT2D eigenvalue weighted by atomic mass is 16.5. The Morgan fingerprint density at radius 1 is 1.19 bits per heavy atom. The van der Waals surface area contributed by atoms with Gasteiger partial charge in [-0.25, -0.2) is 0 Å². The van der Waals surface area contributed by atoms with Gasteiger partial charge in [0.2, 0.25) is 0 Å². The third-order valence-corrected chi connectivity index (χ3v) is 3.75. The first kappa shape index (κ1) is 12.3. The highest BCUT2D eigenvalue weighted by Gasteiger charge is 2.31. The third kappa shape index (κ3) is 3.17. The van der Waals surface area contributed by atoms with Crippen molar-refractivity contribution in [2.75, 3.05) is 40.5 Å². The van der Waals surface area contributed by atoms with E-state index in [1.807, 2.05) is 0 Å². The molecule has 0 aliphatic carbocycles. The van der Waals surface area contributed by atoms with Crippen LogP contribution in [-0.2, 0) is 9.47 Å². The van der Waals surface area contributed by atoms with Crippen LogP contribution in [-0.4, -0.2) is 57.6 Å². The van der Waals surface area contributed by atoms with Crippen LogP contribution in [0, 0.1) is 0 Å².